The molecule has 0 radical (unpaired) electrons. The van der Waals surface area contributed by atoms with Gasteiger partial charge in [-0.1, -0.05) is 30.3 Å². The molecule has 39 heavy (non-hydrogen) atoms. The fourth-order valence-corrected chi connectivity index (χ4v) is 4.88. The Morgan fingerprint density at radius 1 is 1.03 bits per heavy atom. The highest BCUT2D eigenvalue weighted by Crippen LogP contribution is 2.20. The van der Waals surface area contributed by atoms with Crippen molar-refractivity contribution in [1.82, 2.24) is 20.0 Å². The van der Waals surface area contributed by atoms with Crippen LogP contribution in [-0.2, 0) is 25.7 Å². The number of carbonyl (C=O) groups is 4. The van der Waals surface area contributed by atoms with Crippen LogP contribution < -0.4 is 11.1 Å². The lowest BCUT2D eigenvalue weighted by Gasteiger charge is -2.34. The fourth-order valence-electron chi connectivity index (χ4n) is 4.88. The summed E-state index contributed by atoms with van der Waals surface area (Å²) in [6, 6.07) is 8.16. The van der Waals surface area contributed by atoms with E-state index in [-0.39, 0.29) is 18.6 Å². The number of benzene rings is 1. The van der Waals surface area contributed by atoms with Crippen LogP contribution in [0.2, 0.25) is 0 Å². The summed E-state index contributed by atoms with van der Waals surface area (Å²) in [6.07, 6.45) is 2.20. The molecular formula is C28H43N5O6. The molecule has 2 heterocycles. The molecule has 0 aliphatic carbocycles. The average Bonchev–Trinajstić information content (AvgIpc) is 3.39. The molecule has 1 aromatic carbocycles. The van der Waals surface area contributed by atoms with Crippen LogP contribution >= 0.6 is 0 Å². The minimum atomic E-state index is -0.795. The van der Waals surface area contributed by atoms with E-state index in [0.717, 1.165) is 31.6 Å². The number of nitrogens with one attached hydrogen (secondary N) is 1. The number of nitrogens with two attached hydrogens (primary N) is 1. The second-order valence-corrected chi connectivity index (χ2v) is 11.2. The fraction of sp³-hybridized carbons (Fsp3) is 0.643. The third kappa shape index (κ3) is 9.72. The van der Waals surface area contributed by atoms with Gasteiger partial charge in [-0.05, 0) is 65.0 Å². The van der Waals surface area contributed by atoms with Gasteiger partial charge in [0.15, 0.2) is 0 Å². The topological polar surface area (TPSA) is 135 Å². The molecule has 2 aliphatic heterocycles. The van der Waals surface area contributed by atoms with Crippen molar-refractivity contribution in [3.05, 3.63) is 35.9 Å². The average molecular weight is 546 g/mol. The highest BCUT2D eigenvalue weighted by Gasteiger charge is 2.37. The van der Waals surface area contributed by atoms with Gasteiger partial charge >= 0.3 is 12.2 Å². The van der Waals surface area contributed by atoms with E-state index >= 15 is 0 Å². The number of ether oxygens (including phenoxy) is 2. The van der Waals surface area contributed by atoms with E-state index in [1.807, 2.05) is 30.3 Å². The van der Waals surface area contributed by atoms with Crippen molar-refractivity contribution in [2.24, 2.45) is 5.73 Å². The molecule has 1 aromatic rings. The predicted octanol–water partition coefficient (Wildman–Crippen LogP) is 2.48. The normalized spacial score (nSPS) is 18.9. The van der Waals surface area contributed by atoms with Crippen LogP contribution in [0.15, 0.2) is 30.3 Å². The zero-order chi connectivity index (χ0) is 28.4. The number of hydrogen-bond acceptors (Lipinski definition) is 7. The SMILES string of the molecule is CC(C)(C)OC(=O)N[C@@H](CCCCN1CCN(C(=O)OCc2ccccc2)CC1)C(=O)N1CCC[C@H]1C(N)=O. The first-order chi connectivity index (χ1) is 18.5. The number of carbonyl (C=O) groups excluding carboxylic acids is 4. The van der Waals surface area contributed by atoms with Crippen molar-refractivity contribution in [3.8, 4) is 0 Å². The van der Waals surface area contributed by atoms with Gasteiger partial charge in [0.1, 0.15) is 24.3 Å². The molecular weight excluding hydrogens is 502 g/mol. The summed E-state index contributed by atoms with van der Waals surface area (Å²) >= 11 is 0. The third-order valence-corrected chi connectivity index (χ3v) is 6.91. The van der Waals surface area contributed by atoms with Crippen LogP contribution in [0.25, 0.3) is 0 Å². The monoisotopic (exact) mass is 545 g/mol. The van der Waals surface area contributed by atoms with E-state index < -0.39 is 29.7 Å². The van der Waals surface area contributed by atoms with Gasteiger partial charge in [-0.15, -0.1) is 0 Å². The van der Waals surface area contributed by atoms with E-state index in [4.69, 9.17) is 15.2 Å². The molecule has 2 saturated heterocycles. The maximum Gasteiger partial charge on any atom is 0.410 e. The van der Waals surface area contributed by atoms with Crippen molar-refractivity contribution in [1.29, 1.82) is 0 Å². The number of hydrogen-bond donors (Lipinski definition) is 2. The van der Waals surface area contributed by atoms with Crippen LogP contribution in [0.3, 0.4) is 0 Å². The third-order valence-electron chi connectivity index (χ3n) is 6.91. The first-order valence-corrected chi connectivity index (χ1v) is 13.8. The van der Waals surface area contributed by atoms with Crippen molar-refractivity contribution in [3.63, 3.8) is 0 Å². The van der Waals surface area contributed by atoms with E-state index in [0.29, 0.717) is 45.3 Å². The molecule has 11 heteroatoms. The van der Waals surface area contributed by atoms with E-state index in [2.05, 4.69) is 10.2 Å². The Bertz CT molecular complexity index is 974. The van der Waals surface area contributed by atoms with E-state index in [1.54, 1.807) is 25.7 Å². The van der Waals surface area contributed by atoms with E-state index in [9.17, 15) is 19.2 Å². The highest BCUT2D eigenvalue weighted by molar-refractivity contribution is 5.91. The summed E-state index contributed by atoms with van der Waals surface area (Å²) in [6.45, 7) is 9.47. The lowest BCUT2D eigenvalue weighted by molar-refractivity contribution is -0.139. The van der Waals surface area contributed by atoms with Gasteiger partial charge in [0, 0.05) is 32.7 Å². The standard InChI is InChI=1S/C28H43N5O6/c1-28(2,3)39-26(36)30-22(25(35)33-15-9-13-23(33)24(29)34)12-7-8-14-31-16-18-32(19-17-31)27(37)38-20-21-10-5-4-6-11-21/h4-6,10-11,22-23H,7-9,12-20H2,1-3H3,(H2,29,34)(H,30,36)/t22-,23-/m0/s1. The Morgan fingerprint density at radius 2 is 1.72 bits per heavy atom. The zero-order valence-corrected chi connectivity index (χ0v) is 23.4. The molecule has 3 N–H and O–H groups in total. The second kappa shape index (κ2) is 14.2. The Balaban J connectivity index is 1.43. The molecule has 2 fully saturated rings. The largest absolute Gasteiger partial charge is 0.445 e. The first kappa shape index (κ1) is 30.2. The summed E-state index contributed by atoms with van der Waals surface area (Å²) in [7, 11) is 0. The maximum absolute atomic E-state index is 13.3. The van der Waals surface area contributed by atoms with Gasteiger partial charge < -0.3 is 30.3 Å². The van der Waals surface area contributed by atoms with Crippen LogP contribution in [-0.4, -0.2) is 95.7 Å². The smallest absolute Gasteiger partial charge is 0.410 e. The lowest BCUT2D eigenvalue weighted by Crippen LogP contribution is -2.53. The first-order valence-electron chi connectivity index (χ1n) is 13.8. The van der Waals surface area contributed by atoms with Crippen LogP contribution in [0, 0.1) is 0 Å². The molecule has 0 aromatic heterocycles. The molecule has 11 nitrogen and oxygen atoms in total. The van der Waals surface area contributed by atoms with E-state index in [1.165, 1.54) is 4.90 Å². The number of unbranched alkanes of at least 4 members (excludes halogenated alkanes) is 1. The summed E-state index contributed by atoms with van der Waals surface area (Å²) in [5, 5.41) is 2.71. The van der Waals surface area contributed by atoms with Gasteiger partial charge in [0.05, 0.1) is 0 Å². The molecule has 2 aliphatic rings. The number of nitrogens with zero attached hydrogens (tertiary/aromatic N) is 3. The number of alkyl carbamates (subject to hydrolysis) is 1. The van der Waals surface area contributed by atoms with Crippen molar-refractivity contribution >= 4 is 24.0 Å². The summed E-state index contributed by atoms with van der Waals surface area (Å²) in [4.78, 5) is 55.5. The summed E-state index contributed by atoms with van der Waals surface area (Å²) < 4.78 is 10.8. The highest BCUT2D eigenvalue weighted by atomic mass is 16.6. The lowest BCUT2D eigenvalue weighted by atomic mass is 10.1. The Labute approximate surface area is 230 Å². The molecule has 0 spiro atoms. The Kier molecular flexibility index (Phi) is 11.0. The van der Waals surface area contributed by atoms with Gasteiger partial charge in [-0.2, -0.15) is 0 Å². The molecule has 0 unspecified atom stereocenters. The van der Waals surface area contributed by atoms with Gasteiger partial charge in [0.2, 0.25) is 11.8 Å². The summed E-state index contributed by atoms with van der Waals surface area (Å²) in [5.41, 5.74) is 5.76. The predicted molar refractivity (Wildman–Crippen MR) is 146 cm³/mol. The molecule has 0 bridgehead atoms. The molecule has 3 rings (SSSR count). The second-order valence-electron chi connectivity index (χ2n) is 11.2. The summed E-state index contributed by atoms with van der Waals surface area (Å²) in [5.74, 6) is -0.829. The van der Waals surface area contributed by atoms with Crippen molar-refractivity contribution < 1.29 is 28.7 Å². The van der Waals surface area contributed by atoms with Gasteiger partial charge in [0.25, 0.3) is 0 Å². The van der Waals surface area contributed by atoms with Gasteiger partial charge in [-0.25, -0.2) is 9.59 Å². The van der Waals surface area contributed by atoms with Crippen LogP contribution in [0.1, 0.15) is 58.4 Å². The minimum Gasteiger partial charge on any atom is -0.445 e. The number of primary amides is 1. The number of likely N-dealkylation sites (tertiary alicyclic amines) is 1. The quantitative estimate of drug-likeness (QED) is 0.431. The number of rotatable bonds is 10. The molecule has 0 saturated carbocycles. The Hall–Kier alpha value is -3.34. The minimum absolute atomic E-state index is 0.259. The molecule has 216 valence electrons. The van der Waals surface area contributed by atoms with Crippen molar-refractivity contribution in [2.75, 3.05) is 39.3 Å². The number of piperazine rings is 1. The zero-order valence-electron chi connectivity index (χ0n) is 23.4. The molecule has 4 amide bonds. The van der Waals surface area contributed by atoms with Crippen molar-refractivity contribution in [2.45, 2.75) is 77.2 Å². The van der Waals surface area contributed by atoms with Gasteiger partial charge in [-0.3, -0.25) is 14.5 Å². The molecule has 2 atom stereocenters. The number of amides is 4. The Morgan fingerprint density at radius 3 is 2.36 bits per heavy atom. The van der Waals surface area contributed by atoms with Crippen LogP contribution in [0.4, 0.5) is 9.59 Å². The maximum atomic E-state index is 13.3. The van der Waals surface area contributed by atoms with Crippen LogP contribution in [0.5, 0.6) is 0 Å².